The van der Waals surface area contributed by atoms with Crippen LogP contribution in [0.5, 0.6) is 0 Å². The molecule has 0 atom stereocenters. The van der Waals surface area contributed by atoms with E-state index in [-0.39, 0.29) is 12.0 Å². The van der Waals surface area contributed by atoms with Crippen molar-refractivity contribution in [1.82, 2.24) is 0 Å². The lowest BCUT2D eigenvalue weighted by atomic mass is 9.78. The molecule has 0 unspecified atom stereocenters. The predicted octanol–water partition coefficient (Wildman–Crippen LogP) is 7.17. The lowest BCUT2D eigenvalue weighted by Crippen LogP contribution is -2.12. The SMILES string of the molecule is CCC/C=C/C1CCC(c2cc(F)c(/C=C/C(F)(F)F)c(F)c2)CC1. The van der Waals surface area contributed by atoms with Gasteiger partial charge in [0.25, 0.3) is 0 Å². The van der Waals surface area contributed by atoms with Crippen molar-refractivity contribution < 1.29 is 22.0 Å². The zero-order valence-corrected chi connectivity index (χ0v) is 14.3. The van der Waals surface area contributed by atoms with E-state index in [1.807, 2.05) is 0 Å². The van der Waals surface area contributed by atoms with Crippen molar-refractivity contribution in [2.45, 2.75) is 57.5 Å². The zero-order valence-electron chi connectivity index (χ0n) is 14.3. The molecule has 138 valence electrons. The fourth-order valence-corrected chi connectivity index (χ4v) is 3.28. The van der Waals surface area contributed by atoms with Crippen LogP contribution in [-0.4, -0.2) is 6.18 Å². The average Bonchev–Trinajstić information content (AvgIpc) is 2.54. The van der Waals surface area contributed by atoms with Crippen LogP contribution in [0.2, 0.25) is 0 Å². The van der Waals surface area contributed by atoms with Crippen LogP contribution in [0.1, 0.15) is 62.5 Å². The van der Waals surface area contributed by atoms with Gasteiger partial charge >= 0.3 is 6.18 Å². The third kappa shape index (κ3) is 5.98. The van der Waals surface area contributed by atoms with Gasteiger partial charge in [-0.2, -0.15) is 13.2 Å². The minimum Gasteiger partial charge on any atom is -0.206 e. The van der Waals surface area contributed by atoms with Crippen molar-refractivity contribution in [3.63, 3.8) is 0 Å². The molecule has 1 aromatic rings. The summed E-state index contributed by atoms with van der Waals surface area (Å²) in [5.74, 6) is -1.33. The lowest BCUT2D eigenvalue weighted by molar-refractivity contribution is -0.0790. The van der Waals surface area contributed by atoms with Crippen molar-refractivity contribution in [1.29, 1.82) is 0 Å². The lowest BCUT2D eigenvalue weighted by Gasteiger charge is -2.27. The van der Waals surface area contributed by atoms with Crippen LogP contribution in [-0.2, 0) is 0 Å². The highest BCUT2D eigenvalue weighted by molar-refractivity contribution is 5.52. The largest absolute Gasteiger partial charge is 0.409 e. The quantitative estimate of drug-likeness (QED) is 0.386. The van der Waals surface area contributed by atoms with E-state index in [4.69, 9.17) is 0 Å². The summed E-state index contributed by atoms with van der Waals surface area (Å²) in [4.78, 5) is 0. The maximum Gasteiger partial charge on any atom is 0.409 e. The van der Waals surface area contributed by atoms with Gasteiger partial charge in [-0.1, -0.05) is 25.5 Å². The van der Waals surface area contributed by atoms with Gasteiger partial charge in [-0.3, -0.25) is 0 Å². The number of rotatable bonds is 5. The Hall–Kier alpha value is -1.65. The molecule has 0 aromatic heterocycles. The van der Waals surface area contributed by atoms with Gasteiger partial charge in [0, 0.05) is 11.6 Å². The molecule has 5 heteroatoms. The van der Waals surface area contributed by atoms with Crippen LogP contribution in [0, 0.1) is 17.6 Å². The normalized spacial score (nSPS) is 22.2. The molecule has 0 saturated heterocycles. The molecular formula is C20H23F5. The molecule has 0 N–H and O–H groups in total. The zero-order chi connectivity index (χ0) is 18.4. The van der Waals surface area contributed by atoms with Gasteiger partial charge in [0.1, 0.15) is 11.6 Å². The molecule has 1 aliphatic rings. The van der Waals surface area contributed by atoms with E-state index in [2.05, 4.69) is 19.1 Å². The van der Waals surface area contributed by atoms with Gasteiger partial charge < -0.3 is 0 Å². The Bertz CT molecular complexity index is 596. The van der Waals surface area contributed by atoms with E-state index < -0.39 is 23.4 Å². The van der Waals surface area contributed by atoms with Gasteiger partial charge in [0.15, 0.2) is 0 Å². The molecule has 1 aliphatic carbocycles. The second kappa shape index (κ2) is 8.63. The number of alkyl halides is 3. The first kappa shape index (κ1) is 19.7. The van der Waals surface area contributed by atoms with Crippen LogP contribution >= 0.6 is 0 Å². The Labute approximate surface area is 145 Å². The topological polar surface area (TPSA) is 0 Å². The van der Waals surface area contributed by atoms with Gasteiger partial charge in [-0.05, 0) is 67.7 Å². The van der Waals surface area contributed by atoms with Crippen LogP contribution in [0.15, 0.2) is 30.4 Å². The second-order valence-corrected chi connectivity index (χ2v) is 6.60. The van der Waals surface area contributed by atoms with E-state index >= 15 is 0 Å². The summed E-state index contributed by atoms with van der Waals surface area (Å²) < 4.78 is 64.7. The van der Waals surface area contributed by atoms with E-state index in [1.54, 1.807) is 0 Å². The van der Waals surface area contributed by atoms with Gasteiger partial charge in [0.2, 0.25) is 0 Å². The van der Waals surface area contributed by atoms with Gasteiger partial charge in [-0.25, -0.2) is 8.78 Å². The number of benzene rings is 1. The Balaban J connectivity index is 2.06. The fraction of sp³-hybridized carbons (Fsp3) is 0.500. The Morgan fingerprint density at radius 3 is 2.16 bits per heavy atom. The monoisotopic (exact) mass is 358 g/mol. The van der Waals surface area contributed by atoms with Gasteiger partial charge in [-0.15, -0.1) is 0 Å². The minimum atomic E-state index is -4.60. The highest BCUT2D eigenvalue weighted by atomic mass is 19.4. The highest BCUT2D eigenvalue weighted by Crippen LogP contribution is 2.37. The van der Waals surface area contributed by atoms with Crippen molar-refractivity contribution in [2.24, 2.45) is 5.92 Å². The highest BCUT2D eigenvalue weighted by Gasteiger charge is 2.25. The summed E-state index contributed by atoms with van der Waals surface area (Å²) in [6.07, 6.45) is 5.87. The van der Waals surface area contributed by atoms with Gasteiger partial charge in [0.05, 0.1) is 0 Å². The van der Waals surface area contributed by atoms with Crippen molar-refractivity contribution in [2.75, 3.05) is 0 Å². The van der Waals surface area contributed by atoms with Crippen molar-refractivity contribution >= 4 is 6.08 Å². The maximum atomic E-state index is 14.1. The minimum absolute atomic E-state index is 0.0560. The molecule has 0 radical (unpaired) electrons. The standard InChI is InChI=1S/C20H23F5/c1-2-3-4-5-14-6-8-15(9-7-14)16-12-18(21)17(19(22)13-16)10-11-20(23,24)25/h4-5,10-15H,2-3,6-9H2,1H3/b5-4+,11-10+. The van der Waals surface area contributed by atoms with E-state index in [0.29, 0.717) is 17.6 Å². The average molecular weight is 358 g/mol. The Morgan fingerprint density at radius 1 is 1.04 bits per heavy atom. The number of hydrogen-bond donors (Lipinski definition) is 0. The van der Waals surface area contributed by atoms with Crippen LogP contribution in [0.4, 0.5) is 22.0 Å². The third-order valence-electron chi connectivity index (χ3n) is 4.65. The summed E-state index contributed by atoms with van der Waals surface area (Å²) in [6.45, 7) is 2.12. The number of hydrogen-bond acceptors (Lipinski definition) is 0. The van der Waals surface area contributed by atoms with E-state index in [9.17, 15) is 22.0 Å². The number of allylic oxidation sites excluding steroid dienone is 3. The van der Waals surface area contributed by atoms with Crippen molar-refractivity contribution in [3.8, 4) is 0 Å². The summed E-state index contributed by atoms with van der Waals surface area (Å²) in [7, 11) is 0. The Kier molecular flexibility index (Phi) is 6.79. The van der Waals surface area contributed by atoms with E-state index in [0.717, 1.165) is 38.5 Å². The molecule has 0 spiro atoms. The molecule has 1 saturated carbocycles. The Morgan fingerprint density at radius 2 is 1.64 bits per heavy atom. The van der Waals surface area contributed by atoms with Crippen LogP contribution in [0.25, 0.3) is 6.08 Å². The summed E-state index contributed by atoms with van der Waals surface area (Å²) in [5, 5.41) is 0. The summed E-state index contributed by atoms with van der Waals surface area (Å²) >= 11 is 0. The summed E-state index contributed by atoms with van der Waals surface area (Å²) in [6, 6.07) is 2.36. The first-order chi connectivity index (χ1) is 11.8. The molecular weight excluding hydrogens is 335 g/mol. The first-order valence-electron chi connectivity index (χ1n) is 8.71. The number of unbranched alkanes of at least 4 members (excludes halogenated alkanes) is 1. The van der Waals surface area contributed by atoms with E-state index in [1.165, 1.54) is 12.1 Å². The second-order valence-electron chi connectivity index (χ2n) is 6.60. The molecule has 2 rings (SSSR count). The molecule has 1 fully saturated rings. The third-order valence-corrected chi connectivity index (χ3v) is 4.65. The molecule has 0 bridgehead atoms. The first-order valence-corrected chi connectivity index (χ1v) is 8.71. The fourth-order valence-electron chi connectivity index (χ4n) is 3.28. The number of halogens is 5. The van der Waals surface area contributed by atoms with Crippen LogP contribution < -0.4 is 0 Å². The molecule has 0 heterocycles. The molecule has 1 aromatic carbocycles. The molecule has 0 amide bonds. The maximum absolute atomic E-state index is 14.1. The van der Waals surface area contributed by atoms with Crippen molar-refractivity contribution in [3.05, 3.63) is 53.1 Å². The smallest absolute Gasteiger partial charge is 0.206 e. The predicted molar refractivity (Wildman–Crippen MR) is 90.2 cm³/mol. The molecule has 0 aliphatic heterocycles. The molecule has 0 nitrogen and oxygen atoms in total. The molecule has 25 heavy (non-hydrogen) atoms. The van der Waals surface area contributed by atoms with Crippen LogP contribution in [0.3, 0.4) is 0 Å². The summed E-state index contributed by atoms with van der Waals surface area (Å²) in [5.41, 5.74) is -0.104.